The molecule has 0 radical (unpaired) electrons. The van der Waals surface area contributed by atoms with Crippen LogP contribution in [0.5, 0.6) is 0 Å². The summed E-state index contributed by atoms with van der Waals surface area (Å²) in [5.41, 5.74) is -0.801. The molecule has 1 heterocycles. The highest BCUT2D eigenvalue weighted by Gasteiger charge is 2.30. The van der Waals surface area contributed by atoms with E-state index in [0.717, 1.165) is 23.5 Å². The number of ether oxygens (including phenoxy) is 1. The number of thiazole rings is 1. The molecule has 5 nitrogen and oxygen atoms in total. The SMILES string of the molecule is COC(=O)Cn1c(=NC(=O)c2cccc(C(F)(F)F)c2)sc2cc(F)ccc21. The molecule has 0 aliphatic carbocycles. The van der Waals surface area contributed by atoms with Crippen molar-refractivity contribution in [1.82, 2.24) is 4.57 Å². The fourth-order valence-corrected chi connectivity index (χ4v) is 3.51. The summed E-state index contributed by atoms with van der Waals surface area (Å²) in [7, 11) is 1.18. The number of aromatic nitrogens is 1. The molecule has 0 atom stereocenters. The van der Waals surface area contributed by atoms with Crippen LogP contribution in [0.15, 0.2) is 47.5 Å². The van der Waals surface area contributed by atoms with Gasteiger partial charge in [0.15, 0.2) is 4.80 Å². The predicted octanol–water partition coefficient (Wildman–Crippen LogP) is 3.77. The van der Waals surface area contributed by atoms with Gasteiger partial charge in [0.05, 0.1) is 22.9 Å². The van der Waals surface area contributed by atoms with E-state index >= 15 is 0 Å². The lowest BCUT2D eigenvalue weighted by Gasteiger charge is -2.07. The largest absolute Gasteiger partial charge is 0.468 e. The Bertz CT molecular complexity index is 1130. The van der Waals surface area contributed by atoms with Crippen LogP contribution < -0.4 is 4.80 Å². The number of rotatable bonds is 3. The third kappa shape index (κ3) is 4.11. The van der Waals surface area contributed by atoms with Crippen LogP contribution in [0.3, 0.4) is 0 Å². The maximum atomic E-state index is 13.5. The fourth-order valence-electron chi connectivity index (χ4n) is 2.46. The van der Waals surface area contributed by atoms with Crippen molar-refractivity contribution in [2.45, 2.75) is 12.7 Å². The second kappa shape index (κ2) is 7.55. The van der Waals surface area contributed by atoms with Crippen molar-refractivity contribution in [2.75, 3.05) is 7.11 Å². The first kappa shape index (κ1) is 19.7. The molecule has 0 aliphatic rings. The molecule has 1 amide bonds. The summed E-state index contributed by atoms with van der Waals surface area (Å²) in [5, 5.41) is 0. The average molecular weight is 412 g/mol. The Morgan fingerprint density at radius 1 is 1.18 bits per heavy atom. The number of carbonyl (C=O) groups excluding carboxylic acids is 2. The molecule has 28 heavy (non-hydrogen) atoms. The van der Waals surface area contributed by atoms with Crippen molar-refractivity contribution in [3.8, 4) is 0 Å². The molecule has 0 saturated heterocycles. The van der Waals surface area contributed by atoms with E-state index in [2.05, 4.69) is 9.73 Å². The van der Waals surface area contributed by atoms with Crippen LogP contribution in [0.4, 0.5) is 17.6 Å². The maximum absolute atomic E-state index is 13.5. The first-order valence-corrected chi connectivity index (χ1v) is 8.62. The van der Waals surface area contributed by atoms with Gasteiger partial charge in [-0.25, -0.2) is 4.39 Å². The molecule has 0 unspecified atom stereocenters. The molecular weight excluding hydrogens is 400 g/mol. The lowest BCUT2D eigenvalue weighted by molar-refractivity contribution is -0.141. The van der Waals surface area contributed by atoms with E-state index < -0.39 is 29.4 Å². The Balaban J connectivity index is 2.11. The van der Waals surface area contributed by atoms with Crippen LogP contribution in [0.1, 0.15) is 15.9 Å². The quantitative estimate of drug-likeness (QED) is 0.486. The van der Waals surface area contributed by atoms with E-state index in [1.165, 1.54) is 35.9 Å². The van der Waals surface area contributed by atoms with Crippen LogP contribution in [0.2, 0.25) is 0 Å². The van der Waals surface area contributed by atoms with Gasteiger partial charge in [0, 0.05) is 5.56 Å². The van der Waals surface area contributed by atoms with Crippen LogP contribution in [-0.4, -0.2) is 23.6 Å². The van der Waals surface area contributed by atoms with Gasteiger partial charge < -0.3 is 9.30 Å². The van der Waals surface area contributed by atoms with Gasteiger partial charge in [-0.3, -0.25) is 9.59 Å². The van der Waals surface area contributed by atoms with Gasteiger partial charge in [0.25, 0.3) is 5.91 Å². The molecule has 1 aromatic heterocycles. The van der Waals surface area contributed by atoms with Crippen LogP contribution in [0, 0.1) is 5.82 Å². The normalized spacial score (nSPS) is 12.4. The summed E-state index contributed by atoms with van der Waals surface area (Å²) in [5.74, 6) is -2.07. The summed E-state index contributed by atoms with van der Waals surface area (Å²) >= 11 is 0.929. The minimum atomic E-state index is -4.60. The number of halogens is 4. The number of hydrogen-bond donors (Lipinski definition) is 0. The van der Waals surface area contributed by atoms with Gasteiger partial charge in [-0.05, 0) is 36.4 Å². The Morgan fingerprint density at radius 3 is 2.61 bits per heavy atom. The minimum Gasteiger partial charge on any atom is -0.468 e. The monoisotopic (exact) mass is 412 g/mol. The first-order chi connectivity index (χ1) is 13.2. The molecule has 0 bridgehead atoms. The second-order valence-electron chi connectivity index (χ2n) is 5.65. The van der Waals surface area contributed by atoms with E-state index in [1.54, 1.807) is 0 Å². The number of methoxy groups -OCH3 is 1. The van der Waals surface area contributed by atoms with E-state index in [9.17, 15) is 27.2 Å². The highest BCUT2D eigenvalue weighted by molar-refractivity contribution is 7.16. The fraction of sp³-hybridized carbons (Fsp3) is 0.167. The number of amides is 1. The highest BCUT2D eigenvalue weighted by atomic mass is 32.1. The standard InChI is InChI=1S/C18H12F4N2O3S/c1-27-15(25)9-24-13-6-5-12(19)8-14(13)28-17(24)23-16(26)10-3-2-4-11(7-10)18(20,21)22/h2-8H,9H2,1H3. The molecule has 0 N–H and O–H groups in total. The zero-order valence-electron chi connectivity index (χ0n) is 14.3. The third-order valence-corrected chi connectivity index (χ3v) is 4.83. The molecule has 146 valence electrons. The maximum Gasteiger partial charge on any atom is 0.416 e. The van der Waals surface area contributed by atoms with Crippen molar-refractivity contribution in [2.24, 2.45) is 4.99 Å². The third-order valence-electron chi connectivity index (χ3n) is 3.79. The van der Waals surface area contributed by atoms with Crippen molar-refractivity contribution in [3.63, 3.8) is 0 Å². The zero-order chi connectivity index (χ0) is 20.5. The molecule has 0 spiro atoms. The number of alkyl halides is 3. The molecule has 10 heteroatoms. The van der Waals surface area contributed by atoms with E-state index in [1.807, 2.05) is 0 Å². The minimum absolute atomic E-state index is 0.0356. The van der Waals surface area contributed by atoms with Crippen LogP contribution in [-0.2, 0) is 22.3 Å². The molecular formula is C18H12F4N2O3S. The van der Waals surface area contributed by atoms with Crippen LogP contribution >= 0.6 is 11.3 Å². The molecule has 0 saturated carbocycles. The molecule has 0 aliphatic heterocycles. The van der Waals surface area contributed by atoms with Gasteiger partial charge in [-0.2, -0.15) is 18.2 Å². The summed E-state index contributed by atoms with van der Waals surface area (Å²) in [6.45, 7) is -0.295. The predicted molar refractivity (Wildman–Crippen MR) is 93.1 cm³/mol. The highest BCUT2D eigenvalue weighted by Crippen LogP contribution is 2.29. The van der Waals surface area contributed by atoms with E-state index in [-0.39, 0.29) is 16.9 Å². The van der Waals surface area contributed by atoms with Crippen molar-refractivity contribution >= 4 is 33.4 Å². The van der Waals surface area contributed by atoms with Gasteiger partial charge >= 0.3 is 12.1 Å². The van der Waals surface area contributed by atoms with Crippen molar-refractivity contribution in [1.29, 1.82) is 0 Å². The molecule has 2 aromatic carbocycles. The lowest BCUT2D eigenvalue weighted by Crippen LogP contribution is -2.22. The van der Waals surface area contributed by atoms with Crippen molar-refractivity contribution in [3.05, 3.63) is 64.2 Å². The zero-order valence-corrected chi connectivity index (χ0v) is 15.1. The Labute approximate surface area is 159 Å². The lowest BCUT2D eigenvalue weighted by atomic mass is 10.1. The average Bonchev–Trinajstić information content (AvgIpc) is 2.97. The van der Waals surface area contributed by atoms with E-state index in [0.29, 0.717) is 16.3 Å². The number of carbonyl (C=O) groups is 2. The first-order valence-electron chi connectivity index (χ1n) is 7.81. The topological polar surface area (TPSA) is 60.7 Å². The van der Waals surface area contributed by atoms with Gasteiger partial charge in [0.1, 0.15) is 12.4 Å². The number of nitrogens with zero attached hydrogens (tertiary/aromatic N) is 2. The summed E-state index contributed by atoms with van der Waals surface area (Å²) in [6.07, 6.45) is -4.60. The summed E-state index contributed by atoms with van der Waals surface area (Å²) in [6, 6.07) is 7.66. The van der Waals surface area contributed by atoms with Crippen molar-refractivity contribution < 1.29 is 31.9 Å². The Kier molecular flexibility index (Phi) is 5.32. The number of hydrogen-bond acceptors (Lipinski definition) is 4. The number of benzene rings is 2. The van der Waals surface area contributed by atoms with Gasteiger partial charge in [-0.1, -0.05) is 17.4 Å². The van der Waals surface area contributed by atoms with Crippen LogP contribution in [0.25, 0.3) is 10.2 Å². The van der Waals surface area contributed by atoms with Gasteiger partial charge in [-0.15, -0.1) is 0 Å². The Hall–Kier alpha value is -3.01. The second-order valence-corrected chi connectivity index (χ2v) is 6.66. The molecule has 3 aromatic rings. The Morgan fingerprint density at radius 2 is 1.93 bits per heavy atom. The summed E-state index contributed by atoms with van der Waals surface area (Å²) < 4.78 is 58.4. The molecule has 3 rings (SSSR count). The van der Waals surface area contributed by atoms with E-state index in [4.69, 9.17) is 0 Å². The number of fused-ring (bicyclic) bond motifs is 1. The van der Waals surface area contributed by atoms with Gasteiger partial charge in [0.2, 0.25) is 0 Å². The smallest absolute Gasteiger partial charge is 0.416 e. The number of esters is 1. The summed E-state index contributed by atoms with van der Waals surface area (Å²) in [4.78, 5) is 28.0. The molecule has 0 fully saturated rings.